The van der Waals surface area contributed by atoms with Crippen molar-refractivity contribution in [2.75, 3.05) is 26.4 Å². The second-order valence-electron chi connectivity index (χ2n) is 6.57. The fraction of sp³-hybridized carbons (Fsp3) is 0.304. The number of imide groups is 1. The smallest absolute Gasteiger partial charge is 0.293 e. The van der Waals surface area contributed by atoms with Crippen LogP contribution in [0.2, 0.25) is 0 Å². The van der Waals surface area contributed by atoms with E-state index in [4.69, 9.17) is 14.2 Å². The maximum absolute atomic E-state index is 12.7. The fourth-order valence-corrected chi connectivity index (χ4v) is 3.83. The van der Waals surface area contributed by atoms with Gasteiger partial charge in [-0.1, -0.05) is 18.2 Å². The standard InChI is InChI=1S/C23H25NO5S/c1-4-27-19-10-9-17(14-20(19)28-5-2)15-21-22(25)24(23(26)30-21)11-12-29-18-8-6-7-16(3)13-18/h6-10,13-15H,4-5,11-12H2,1-3H3/b21-15-. The SMILES string of the molecule is CCOc1ccc(/C=C2\SC(=O)N(CCOc3cccc(C)c3)C2=O)cc1OCC. The van der Waals surface area contributed by atoms with E-state index in [1.54, 1.807) is 12.1 Å². The number of amides is 2. The molecule has 0 spiro atoms. The van der Waals surface area contributed by atoms with Crippen LogP contribution in [0.15, 0.2) is 47.4 Å². The highest BCUT2D eigenvalue weighted by Crippen LogP contribution is 2.34. The maximum atomic E-state index is 12.7. The average molecular weight is 428 g/mol. The number of carbonyl (C=O) groups is 2. The third kappa shape index (κ3) is 5.36. The third-order valence-corrected chi connectivity index (χ3v) is 5.22. The first-order chi connectivity index (χ1) is 14.5. The van der Waals surface area contributed by atoms with E-state index in [0.717, 1.165) is 28.6 Å². The molecule has 0 atom stereocenters. The van der Waals surface area contributed by atoms with Gasteiger partial charge in [-0.2, -0.15) is 0 Å². The van der Waals surface area contributed by atoms with Crippen LogP contribution >= 0.6 is 11.8 Å². The number of hydrogen-bond acceptors (Lipinski definition) is 6. The van der Waals surface area contributed by atoms with Gasteiger partial charge in [0.1, 0.15) is 12.4 Å². The van der Waals surface area contributed by atoms with Crippen LogP contribution in [0.25, 0.3) is 6.08 Å². The molecule has 2 aromatic rings. The predicted molar refractivity (Wildman–Crippen MR) is 118 cm³/mol. The summed E-state index contributed by atoms with van der Waals surface area (Å²) < 4.78 is 16.9. The van der Waals surface area contributed by atoms with Gasteiger partial charge >= 0.3 is 0 Å². The Balaban J connectivity index is 1.67. The molecule has 2 aromatic carbocycles. The van der Waals surface area contributed by atoms with Gasteiger partial charge in [0.05, 0.1) is 24.7 Å². The molecule has 0 bridgehead atoms. The molecule has 1 aliphatic rings. The molecular formula is C23H25NO5S. The number of rotatable bonds is 9. The number of ether oxygens (including phenoxy) is 3. The fourth-order valence-electron chi connectivity index (χ4n) is 2.96. The normalized spacial score (nSPS) is 15.0. The van der Waals surface area contributed by atoms with Crippen LogP contribution in [0.5, 0.6) is 17.2 Å². The summed E-state index contributed by atoms with van der Waals surface area (Å²) in [7, 11) is 0. The van der Waals surface area contributed by atoms with Crippen molar-refractivity contribution in [1.29, 1.82) is 0 Å². The van der Waals surface area contributed by atoms with Crippen LogP contribution < -0.4 is 14.2 Å². The molecule has 0 unspecified atom stereocenters. The molecule has 0 saturated carbocycles. The van der Waals surface area contributed by atoms with Crippen molar-refractivity contribution in [1.82, 2.24) is 4.90 Å². The maximum Gasteiger partial charge on any atom is 0.293 e. The van der Waals surface area contributed by atoms with Crippen molar-refractivity contribution in [3.05, 3.63) is 58.5 Å². The lowest BCUT2D eigenvalue weighted by atomic mass is 10.2. The van der Waals surface area contributed by atoms with Gasteiger partial charge in [0, 0.05) is 0 Å². The van der Waals surface area contributed by atoms with E-state index in [9.17, 15) is 9.59 Å². The van der Waals surface area contributed by atoms with Crippen molar-refractivity contribution in [3.63, 3.8) is 0 Å². The zero-order chi connectivity index (χ0) is 21.5. The Hall–Kier alpha value is -2.93. The number of benzene rings is 2. The second-order valence-corrected chi connectivity index (χ2v) is 7.56. The summed E-state index contributed by atoms with van der Waals surface area (Å²) in [6, 6.07) is 13.1. The van der Waals surface area contributed by atoms with Crippen LogP contribution in [0.1, 0.15) is 25.0 Å². The summed E-state index contributed by atoms with van der Waals surface area (Å²) in [4.78, 5) is 26.6. The van der Waals surface area contributed by atoms with Crippen LogP contribution in [0.3, 0.4) is 0 Å². The van der Waals surface area contributed by atoms with Crippen molar-refractivity contribution in [2.45, 2.75) is 20.8 Å². The number of nitrogens with zero attached hydrogens (tertiary/aromatic N) is 1. The van der Waals surface area contributed by atoms with Crippen molar-refractivity contribution in [3.8, 4) is 17.2 Å². The van der Waals surface area contributed by atoms with Gasteiger partial charge in [0.2, 0.25) is 0 Å². The molecule has 0 aliphatic carbocycles. The van der Waals surface area contributed by atoms with Crippen LogP contribution in [0.4, 0.5) is 4.79 Å². The van der Waals surface area contributed by atoms with Crippen molar-refractivity contribution in [2.24, 2.45) is 0 Å². The highest BCUT2D eigenvalue weighted by Gasteiger charge is 2.34. The van der Waals surface area contributed by atoms with Gasteiger partial charge in [0.25, 0.3) is 11.1 Å². The first kappa shape index (κ1) is 21.8. The summed E-state index contributed by atoms with van der Waals surface area (Å²) >= 11 is 0.930. The van der Waals surface area contributed by atoms with Gasteiger partial charge in [-0.25, -0.2) is 0 Å². The van der Waals surface area contributed by atoms with E-state index < -0.39 is 0 Å². The highest BCUT2D eigenvalue weighted by molar-refractivity contribution is 8.18. The molecule has 7 heteroatoms. The molecule has 0 radical (unpaired) electrons. The Morgan fingerprint density at radius 1 is 0.967 bits per heavy atom. The molecule has 0 aromatic heterocycles. The molecule has 1 fully saturated rings. The predicted octanol–water partition coefficient (Wildman–Crippen LogP) is 4.91. The first-order valence-corrected chi connectivity index (χ1v) is 10.7. The zero-order valence-electron chi connectivity index (χ0n) is 17.3. The molecule has 158 valence electrons. The molecule has 2 amide bonds. The van der Waals surface area contributed by atoms with Gasteiger partial charge in [-0.05, 0) is 74.0 Å². The van der Waals surface area contributed by atoms with E-state index >= 15 is 0 Å². The summed E-state index contributed by atoms with van der Waals surface area (Å²) in [5.74, 6) is 1.66. The molecule has 3 rings (SSSR count). The van der Waals surface area contributed by atoms with Crippen molar-refractivity contribution < 1.29 is 23.8 Å². The third-order valence-electron chi connectivity index (χ3n) is 4.31. The molecule has 0 N–H and O–H groups in total. The van der Waals surface area contributed by atoms with E-state index in [-0.39, 0.29) is 24.3 Å². The molecule has 30 heavy (non-hydrogen) atoms. The average Bonchev–Trinajstić information content (AvgIpc) is 2.98. The van der Waals surface area contributed by atoms with Gasteiger partial charge in [-0.3, -0.25) is 14.5 Å². The largest absolute Gasteiger partial charge is 0.492 e. The molecular weight excluding hydrogens is 402 g/mol. The van der Waals surface area contributed by atoms with E-state index in [0.29, 0.717) is 29.6 Å². The topological polar surface area (TPSA) is 65.1 Å². The molecule has 1 aliphatic heterocycles. The Bertz CT molecular complexity index is 956. The number of aryl methyl sites for hydroxylation is 1. The number of hydrogen-bond donors (Lipinski definition) is 0. The highest BCUT2D eigenvalue weighted by atomic mass is 32.2. The molecule has 6 nitrogen and oxygen atoms in total. The number of carbonyl (C=O) groups excluding carboxylic acids is 2. The monoisotopic (exact) mass is 427 g/mol. The summed E-state index contributed by atoms with van der Waals surface area (Å²) in [6.07, 6.45) is 1.70. The molecule has 1 saturated heterocycles. The quantitative estimate of drug-likeness (QED) is 0.530. The molecule has 1 heterocycles. The lowest BCUT2D eigenvalue weighted by Crippen LogP contribution is -2.32. The van der Waals surface area contributed by atoms with Crippen molar-refractivity contribution >= 4 is 29.0 Å². The Morgan fingerprint density at radius 3 is 2.47 bits per heavy atom. The van der Waals surface area contributed by atoms with Gasteiger partial charge in [-0.15, -0.1) is 0 Å². The summed E-state index contributed by atoms with van der Waals surface area (Å²) in [6.45, 7) is 7.25. The van der Waals surface area contributed by atoms with Crippen LogP contribution in [-0.2, 0) is 4.79 Å². The van der Waals surface area contributed by atoms with E-state index in [1.165, 1.54) is 4.90 Å². The first-order valence-electron chi connectivity index (χ1n) is 9.86. The van der Waals surface area contributed by atoms with Gasteiger partial charge < -0.3 is 14.2 Å². The summed E-state index contributed by atoms with van der Waals surface area (Å²) in [5.41, 5.74) is 1.85. The lowest BCUT2D eigenvalue weighted by Gasteiger charge is -2.13. The van der Waals surface area contributed by atoms with Crippen LogP contribution in [0, 0.1) is 6.92 Å². The summed E-state index contributed by atoms with van der Waals surface area (Å²) in [5, 5.41) is -0.296. The minimum atomic E-state index is -0.315. The Labute approximate surface area is 180 Å². The zero-order valence-corrected chi connectivity index (χ0v) is 18.2. The van der Waals surface area contributed by atoms with Crippen LogP contribution in [-0.4, -0.2) is 42.4 Å². The van der Waals surface area contributed by atoms with E-state index in [1.807, 2.05) is 57.2 Å². The lowest BCUT2D eigenvalue weighted by molar-refractivity contribution is -0.123. The minimum absolute atomic E-state index is 0.198. The second kappa shape index (κ2) is 10.2. The Kier molecular flexibility index (Phi) is 7.41. The minimum Gasteiger partial charge on any atom is -0.492 e. The number of thioether (sulfide) groups is 1. The van der Waals surface area contributed by atoms with E-state index in [2.05, 4.69) is 0 Å². The Morgan fingerprint density at radius 2 is 1.73 bits per heavy atom. The van der Waals surface area contributed by atoms with Gasteiger partial charge in [0.15, 0.2) is 11.5 Å².